The van der Waals surface area contributed by atoms with Crippen molar-refractivity contribution in [1.29, 1.82) is 0 Å². The number of aromatic nitrogens is 5. The third-order valence-corrected chi connectivity index (χ3v) is 6.64. The maximum Gasteiger partial charge on any atom is 0.335 e. The van der Waals surface area contributed by atoms with Crippen LogP contribution in [0.1, 0.15) is 60.2 Å². The first-order chi connectivity index (χ1) is 16.6. The van der Waals surface area contributed by atoms with Crippen LogP contribution in [-0.2, 0) is 11.8 Å². The van der Waals surface area contributed by atoms with E-state index in [-0.39, 0.29) is 11.8 Å². The van der Waals surface area contributed by atoms with Crippen molar-refractivity contribution in [3.8, 4) is 11.4 Å². The van der Waals surface area contributed by atoms with Crippen LogP contribution in [0, 0.1) is 0 Å². The van der Waals surface area contributed by atoms with Crippen molar-refractivity contribution in [2.75, 3.05) is 11.9 Å². The molecule has 174 valence electrons. The van der Waals surface area contributed by atoms with Gasteiger partial charge < -0.3 is 15.2 Å². The van der Waals surface area contributed by atoms with E-state index in [4.69, 9.17) is 14.9 Å². The van der Waals surface area contributed by atoms with E-state index in [0.29, 0.717) is 17.7 Å². The quantitative estimate of drug-likeness (QED) is 0.425. The molecule has 9 heteroatoms. The zero-order valence-electron chi connectivity index (χ0n) is 18.9. The van der Waals surface area contributed by atoms with E-state index in [0.717, 1.165) is 48.0 Å². The van der Waals surface area contributed by atoms with Crippen LogP contribution >= 0.6 is 0 Å². The minimum atomic E-state index is -0.954. The maximum absolute atomic E-state index is 11.1. The third kappa shape index (κ3) is 3.71. The highest BCUT2D eigenvalue weighted by molar-refractivity contribution is 5.90. The minimum Gasteiger partial charge on any atom is -0.478 e. The second-order valence-corrected chi connectivity index (χ2v) is 9.03. The molecule has 0 bridgehead atoms. The first-order valence-corrected chi connectivity index (χ1v) is 11.7. The second kappa shape index (κ2) is 8.25. The molecule has 0 radical (unpaired) electrons. The summed E-state index contributed by atoms with van der Waals surface area (Å²) in [7, 11) is 1.85. The summed E-state index contributed by atoms with van der Waals surface area (Å²) in [5, 5.41) is 23.0. The molecule has 1 saturated heterocycles. The van der Waals surface area contributed by atoms with E-state index in [2.05, 4.69) is 27.5 Å². The van der Waals surface area contributed by atoms with E-state index >= 15 is 0 Å². The zero-order valence-corrected chi connectivity index (χ0v) is 18.9. The van der Waals surface area contributed by atoms with Gasteiger partial charge in [-0.2, -0.15) is 10.1 Å². The number of hydrogen-bond donors (Lipinski definition) is 2. The molecule has 1 aliphatic carbocycles. The van der Waals surface area contributed by atoms with Crippen LogP contribution in [0.5, 0.6) is 0 Å². The molecule has 2 fully saturated rings. The summed E-state index contributed by atoms with van der Waals surface area (Å²) in [6, 6.07) is 10.8. The highest BCUT2D eigenvalue weighted by Gasteiger charge is 2.30. The number of carboxylic acid groups (broad SMARTS) is 1. The van der Waals surface area contributed by atoms with Gasteiger partial charge in [-0.25, -0.2) is 14.2 Å². The summed E-state index contributed by atoms with van der Waals surface area (Å²) in [5.41, 5.74) is 4.40. The Morgan fingerprint density at radius 1 is 1.12 bits per heavy atom. The van der Waals surface area contributed by atoms with Crippen LogP contribution in [0.3, 0.4) is 0 Å². The number of anilines is 2. The lowest BCUT2D eigenvalue weighted by Gasteiger charge is -2.23. The summed E-state index contributed by atoms with van der Waals surface area (Å²) < 4.78 is 9.73. The molecule has 0 spiro atoms. The van der Waals surface area contributed by atoms with Crippen LogP contribution < -0.4 is 5.32 Å². The van der Waals surface area contributed by atoms with Gasteiger partial charge in [0.05, 0.1) is 17.3 Å². The van der Waals surface area contributed by atoms with Gasteiger partial charge in [0.25, 0.3) is 0 Å². The Bertz CT molecular complexity index is 1360. The Hall–Kier alpha value is -3.72. The highest BCUT2D eigenvalue weighted by atomic mass is 16.5. The molecule has 34 heavy (non-hydrogen) atoms. The SMILES string of the molecule is Cn1nc(-c2ccc(C(=O)O)cc2)nc1Nc1ccc2c(cnn2C2CCCCO2)c1C1CC1. The van der Waals surface area contributed by atoms with Crippen molar-refractivity contribution in [3.05, 3.63) is 53.7 Å². The Balaban J connectivity index is 1.33. The molecular formula is C25H26N6O3. The first kappa shape index (κ1) is 20.9. The van der Waals surface area contributed by atoms with Crippen molar-refractivity contribution in [1.82, 2.24) is 24.5 Å². The van der Waals surface area contributed by atoms with Gasteiger partial charge in [-0.15, -0.1) is 5.10 Å². The van der Waals surface area contributed by atoms with E-state index in [9.17, 15) is 4.79 Å². The Morgan fingerprint density at radius 3 is 2.65 bits per heavy atom. The number of benzene rings is 2. The molecule has 2 N–H and O–H groups in total. The third-order valence-electron chi connectivity index (χ3n) is 6.64. The molecular weight excluding hydrogens is 432 g/mol. The molecule has 6 rings (SSSR count). The number of aryl methyl sites for hydroxylation is 1. The normalized spacial score (nSPS) is 18.3. The van der Waals surface area contributed by atoms with Crippen molar-refractivity contribution in [2.24, 2.45) is 7.05 Å². The maximum atomic E-state index is 11.1. The van der Waals surface area contributed by atoms with Gasteiger partial charge in [0.1, 0.15) is 0 Å². The Morgan fingerprint density at radius 2 is 1.94 bits per heavy atom. The molecule has 1 atom stereocenters. The predicted molar refractivity (Wildman–Crippen MR) is 127 cm³/mol. The molecule has 4 aromatic rings. The monoisotopic (exact) mass is 458 g/mol. The standard InChI is InChI=1S/C25H26N6O3/c1-30-25(28-23(29-30)16-7-9-17(10-8-16)24(32)33)27-19-11-12-20-18(22(19)15-5-6-15)14-26-31(20)21-4-2-3-13-34-21/h7-12,14-15,21H,2-6,13H2,1H3,(H,32,33)(H,27,28,29). The van der Waals surface area contributed by atoms with E-state index in [1.165, 1.54) is 18.4 Å². The zero-order chi connectivity index (χ0) is 23.2. The summed E-state index contributed by atoms with van der Waals surface area (Å²) >= 11 is 0. The minimum absolute atomic E-state index is 0.00549. The van der Waals surface area contributed by atoms with E-state index in [1.807, 2.05) is 17.9 Å². The number of carbonyl (C=O) groups is 1. The summed E-state index contributed by atoms with van der Waals surface area (Å²) in [6.45, 7) is 0.786. The van der Waals surface area contributed by atoms with Crippen LogP contribution in [0.25, 0.3) is 22.3 Å². The van der Waals surface area contributed by atoms with Gasteiger partial charge in [-0.3, -0.25) is 0 Å². The number of rotatable bonds is 6. The molecule has 1 aliphatic heterocycles. The smallest absolute Gasteiger partial charge is 0.335 e. The second-order valence-electron chi connectivity index (χ2n) is 9.03. The predicted octanol–water partition coefficient (Wildman–Crippen LogP) is 4.85. The van der Waals surface area contributed by atoms with Crippen molar-refractivity contribution in [2.45, 2.75) is 44.2 Å². The van der Waals surface area contributed by atoms with Gasteiger partial charge in [0, 0.05) is 30.3 Å². The van der Waals surface area contributed by atoms with Gasteiger partial charge in [-0.05, 0) is 67.9 Å². The molecule has 2 aliphatic rings. The van der Waals surface area contributed by atoms with Crippen LogP contribution in [0.2, 0.25) is 0 Å². The average Bonchev–Trinajstić information content (AvgIpc) is 3.50. The van der Waals surface area contributed by atoms with Gasteiger partial charge in [0.15, 0.2) is 12.1 Å². The number of fused-ring (bicyclic) bond motifs is 1. The van der Waals surface area contributed by atoms with E-state index < -0.39 is 5.97 Å². The van der Waals surface area contributed by atoms with Crippen LogP contribution in [-0.4, -0.2) is 42.2 Å². The molecule has 1 unspecified atom stereocenters. The number of ether oxygens (including phenoxy) is 1. The van der Waals surface area contributed by atoms with Crippen LogP contribution in [0.4, 0.5) is 11.6 Å². The van der Waals surface area contributed by atoms with Crippen LogP contribution in [0.15, 0.2) is 42.6 Å². The highest BCUT2D eigenvalue weighted by Crippen LogP contribution is 2.47. The lowest BCUT2D eigenvalue weighted by molar-refractivity contribution is -0.0366. The van der Waals surface area contributed by atoms with Crippen molar-refractivity contribution < 1.29 is 14.6 Å². The lowest BCUT2D eigenvalue weighted by atomic mass is 10.0. The fraction of sp³-hybridized carbons (Fsp3) is 0.360. The molecule has 0 amide bonds. The fourth-order valence-electron chi connectivity index (χ4n) is 4.71. The molecule has 2 aromatic heterocycles. The number of hydrogen-bond acceptors (Lipinski definition) is 6. The number of nitrogens with zero attached hydrogens (tertiary/aromatic N) is 5. The number of carboxylic acids is 1. The molecule has 2 aromatic carbocycles. The lowest BCUT2D eigenvalue weighted by Crippen LogP contribution is -2.19. The Labute approximate surface area is 196 Å². The van der Waals surface area contributed by atoms with E-state index in [1.54, 1.807) is 28.9 Å². The van der Waals surface area contributed by atoms with Crippen molar-refractivity contribution >= 4 is 28.5 Å². The molecule has 9 nitrogen and oxygen atoms in total. The summed E-state index contributed by atoms with van der Waals surface area (Å²) in [6.07, 6.45) is 7.57. The molecule has 3 heterocycles. The topological polar surface area (TPSA) is 107 Å². The number of aromatic carboxylic acids is 1. The molecule has 1 saturated carbocycles. The Kier molecular flexibility index (Phi) is 5.06. The van der Waals surface area contributed by atoms with Gasteiger partial charge in [0.2, 0.25) is 5.95 Å². The largest absolute Gasteiger partial charge is 0.478 e. The average molecular weight is 459 g/mol. The van der Waals surface area contributed by atoms with Gasteiger partial charge in [-0.1, -0.05) is 12.1 Å². The summed E-state index contributed by atoms with van der Waals surface area (Å²) in [5.74, 6) is 0.719. The van der Waals surface area contributed by atoms with Crippen molar-refractivity contribution in [3.63, 3.8) is 0 Å². The first-order valence-electron chi connectivity index (χ1n) is 11.7. The van der Waals surface area contributed by atoms with Gasteiger partial charge >= 0.3 is 5.97 Å². The summed E-state index contributed by atoms with van der Waals surface area (Å²) in [4.78, 5) is 15.8. The number of nitrogens with one attached hydrogen (secondary N) is 1. The fourth-order valence-corrected chi connectivity index (χ4v) is 4.71.